The van der Waals surface area contributed by atoms with Crippen molar-refractivity contribution in [3.05, 3.63) is 88.1 Å². The average Bonchev–Trinajstić information content (AvgIpc) is 3.12. The first-order valence-electron chi connectivity index (χ1n) is 9.71. The van der Waals surface area contributed by atoms with Gasteiger partial charge in [0.25, 0.3) is 0 Å². The van der Waals surface area contributed by atoms with E-state index >= 15 is 0 Å². The number of benzene rings is 3. The monoisotopic (exact) mass is 450 g/mol. The Hall–Kier alpha value is -3.77. The molecule has 4 rings (SSSR count). The van der Waals surface area contributed by atoms with Crippen LogP contribution < -0.4 is 18.9 Å². The van der Waals surface area contributed by atoms with E-state index in [1.807, 2.05) is 0 Å². The van der Waals surface area contributed by atoms with Crippen LogP contribution in [-0.2, 0) is 0 Å². The molecule has 7 heteroatoms. The van der Waals surface area contributed by atoms with Gasteiger partial charge in [-0.15, -0.1) is 0 Å². The van der Waals surface area contributed by atoms with Crippen LogP contribution in [0.25, 0.3) is 6.08 Å². The molecule has 1 heterocycles. The van der Waals surface area contributed by atoms with Gasteiger partial charge in [-0.2, -0.15) is 0 Å². The number of hydrogen-bond donors (Lipinski definition) is 0. The Balaban J connectivity index is 1.51. The summed E-state index contributed by atoms with van der Waals surface area (Å²) in [5, 5.41) is 0.554. The predicted molar refractivity (Wildman–Crippen MR) is 120 cm³/mol. The van der Waals surface area contributed by atoms with Gasteiger partial charge in [-0.3, -0.25) is 9.59 Å². The number of ketones is 2. The van der Waals surface area contributed by atoms with Crippen LogP contribution in [0.3, 0.4) is 0 Å². The Bertz CT molecular complexity index is 1210. The number of ether oxygens (including phenoxy) is 4. The zero-order valence-corrected chi connectivity index (χ0v) is 18.1. The minimum absolute atomic E-state index is 0.154. The molecule has 1 aliphatic heterocycles. The topological polar surface area (TPSA) is 71.1 Å². The highest BCUT2D eigenvalue weighted by atomic mass is 35.5. The summed E-state index contributed by atoms with van der Waals surface area (Å²) in [5.74, 6) is 1.53. The molecule has 3 aromatic rings. The fourth-order valence-electron chi connectivity index (χ4n) is 3.29. The summed E-state index contributed by atoms with van der Waals surface area (Å²) < 4.78 is 22.1. The van der Waals surface area contributed by atoms with Gasteiger partial charge in [0.2, 0.25) is 5.78 Å². The van der Waals surface area contributed by atoms with Gasteiger partial charge in [-0.25, -0.2) is 0 Å². The largest absolute Gasteiger partial charge is 0.493 e. The lowest BCUT2D eigenvalue weighted by Gasteiger charge is -2.10. The van der Waals surface area contributed by atoms with Gasteiger partial charge in [-0.05, 0) is 48.5 Å². The molecule has 0 fully saturated rings. The zero-order chi connectivity index (χ0) is 22.7. The van der Waals surface area contributed by atoms with E-state index in [1.165, 1.54) is 7.11 Å². The fraction of sp³-hybridized carbons (Fsp3) is 0.120. The molecule has 32 heavy (non-hydrogen) atoms. The standard InChI is InChI=1S/C25H19ClO6/c1-29-21-5-3-4-16(25(21)30-2)12-23-24(28)19-11-10-18(13-22(19)32-23)31-14-20(27)15-6-8-17(26)9-7-15/h3-13H,14H2,1-2H3. The minimum atomic E-state index is -0.256. The van der Waals surface area contributed by atoms with Crippen molar-refractivity contribution < 1.29 is 28.5 Å². The Labute approximate surface area is 189 Å². The Kier molecular flexibility index (Phi) is 6.14. The highest BCUT2D eigenvalue weighted by molar-refractivity contribution is 6.30. The lowest BCUT2D eigenvalue weighted by atomic mass is 10.1. The van der Waals surface area contributed by atoms with Crippen molar-refractivity contribution in [2.75, 3.05) is 20.8 Å². The van der Waals surface area contributed by atoms with E-state index in [4.69, 9.17) is 30.5 Å². The molecule has 0 saturated heterocycles. The molecule has 0 N–H and O–H groups in total. The van der Waals surface area contributed by atoms with Crippen LogP contribution in [-0.4, -0.2) is 32.4 Å². The minimum Gasteiger partial charge on any atom is -0.493 e. The van der Waals surface area contributed by atoms with Crippen LogP contribution in [0.15, 0.2) is 66.4 Å². The molecule has 162 valence electrons. The molecular weight excluding hydrogens is 432 g/mol. The van der Waals surface area contributed by atoms with E-state index in [0.29, 0.717) is 44.7 Å². The number of para-hydroxylation sites is 1. The number of rotatable bonds is 7. The lowest BCUT2D eigenvalue weighted by molar-refractivity contribution is 0.0921. The van der Waals surface area contributed by atoms with Crippen molar-refractivity contribution in [1.29, 1.82) is 0 Å². The summed E-state index contributed by atoms with van der Waals surface area (Å²) in [4.78, 5) is 25.1. The second kappa shape index (κ2) is 9.16. The van der Waals surface area contributed by atoms with Gasteiger partial charge in [0.15, 0.2) is 29.6 Å². The number of halogens is 1. The molecule has 3 aromatic carbocycles. The molecule has 0 radical (unpaired) electrons. The van der Waals surface area contributed by atoms with Crippen LogP contribution in [0.4, 0.5) is 0 Å². The Morgan fingerprint density at radius 3 is 2.53 bits per heavy atom. The van der Waals surface area contributed by atoms with Crippen LogP contribution in [0.2, 0.25) is 5.02 Å². The summed E-state index contributed by atoms with van der Waals surface area (Å²) in [7, 11) is 3.07. The lowest BCUT2D eigenvalue weighted by Crippen LogP contribution is -2.11. The highest BCUT2D eigenvalue weighted by Gasteiger charge is 2.28. The van der Waals surface area contributed by atoms with Crippen molar-refractivity contribution >= 4 is 29.2 Å². The van der Waals surface area contributed by atoms with Crippen molar-refractivity contribution in [3.8, 4) is 23.0 Å². The second-order valence-corrected chi connectivity index (χ2v) is 7.34. The third-order valence-corrected chi connectivity index (χ3v) is 5.15. The van der Waals surface area contributed by atoms with E-state index < -0.39 is 0 Å². The quantitative estimate of drug-likeness (QED) is 0.362. The number of Topliss-reactive ketones (excluding diaryl/α,β-unsaturated/α-hetero) is 2. The third-order valence-electron chi connectivity index (χ3n) is 4.90. The normalized spacial score (nSPS) is 13.5. The molecular formula is C25H19ClO6. The summed E-state index contributed by atoms with van der Waals surface area (Å²) in [6.07, 6.45) is 1.61. The number of hydrogen-bond acceptors (Lipinski definition) is 6. The maximum Gasteiger partial charge on any atom is 0.231 e. The van der Waals surface area contributed by atoms with Gasteiger partial charge in [-0.1, -0.05) is 23.7 Å². The maximum atomic E-state index is 12.8. The second-order valence-electron chi connectivity index (χ2n) is 6.90. The molecule has 0 aromatic heterocycles. The number of carbonyl (C=O) groups excluding carboxylic acids is 2. The van der Waals surface area contributed by atoms with Crippen molar-refractivity contribution in [2.45, 2.75) is 0 Å². The predicted octanol–water partition coefficient (Wildman–Crippen LogP) is 5.24. The molecule has 0 amide bonds. The number of carbonyl (C=O) groups is 2. The van der Waals surface area contributed by atoms with Crippen molar-refractivity contribution in [1.82, 2.24) is 0 Å². The zero-order valence-electron chi connectivity index (χ0n) is 17.4. The molecule has 0 saturated carbocycles. The first-order chi connectivity index (χ1) is 15.5. The molecule has 1 aliphatic rings. The smallest absolute Gasteiger partial charge is 0.231 e. The maximum absolute atomic E-state index is 12.8. The summed E-state index contributed by atoms with van der Waals surface area (Å²) in [6, 6.07) is 16.8. The molecule has 0 aliphatic carbocycles. The Morgan fingerprint density at radius 2 is 1.81 bits per heavy atom. The SMILES string of the molecule is COc1cccc(C=C2Oc3cc(OCC(=O)c4ccc(Cl)cc4)ccc3C2=O)c1OC. The van der Waals surface area contributed by atoms with Crippen LogP contribution in [0, 0.1) is 0 Å². The van der Waals surface area contributed by atoms with Gasteiger partial charge in [0, 0.05) is 22.2 Å². The first kappa shape index (κ1) is 21.5. The fourth-order valence-corrected chi connectivity index (χ4v) is 3.42. The number of methoxy groups -OCH3 is 2. The number of fused-ring (bicyclic) bond motifs is 1. The molecule has 6 nitrogen and oxygen atoms in total. The third kappa shape index (κ3) is 4.31. The summed E-state index contributed by atoms with van der Waals surface area (Å²) >= 11 is 5.85. The van der Waals surface area contributed by atoms with E-state index in [-0.39, 0.29) is 23.9 Å². The van der Waals surface area contributed by atoms with Gasteiger partial charge in [0.05, 0.1) is 19.8 Å². The highest BCUT2D eigenvalue weighted by Crippen LogP contribution is 2.37. The molecule has 0 bridgehead atoms. The van der Waals surface area contributed by atoms with E-state index in [9.17, 15) is 9.59 Å². The number of allylic oxidation sites excluding steroid dienone is 1. The van der Waals surface area contributed by atoms with E-state index in [2.05, 4.69) is 0 Å². The van der Waals surface area contributed by atoms with Gasteiger partial charge < -0.3 is 18.9 Å². The Morgan fingerprint density at radius 1 is 1.03 bits per heavy atom. The van der Waals surface area contributed by atoms with Crippen LogP contribution in [0.5, 0.6) is 23.0 Å². The van der Waals surface area contributed by atoms with Crippen LogP contribution in [0.1, 0.15) is 26.3 Å². The molecule has 0 unspecified atom stereocenters. The molecule has 0 spiro atoms. The van der Waals surface area contributed by atoms with Crippen molar-refractivity contribution in [3.63, 3.8) is 0 Å². The van der Waals surface area contributed by atoms with Gasteiger partial charge in [0.1, 0.15) is 11.5 Å². The van der Waals surface area contributed by atoms with E-state index in [0.717, 1.165) is 0 Å². The summed E-state index contributed by atoms with van der Waals surface area (Å²) in [6.45, 7) is -0.155. The van der Waals surface area contributed by atoms with Crippen LogP contribution >= 0.6 is 11.6 Å². The van der Waals surface area contributed by atoms with Gasteiger partial charge >= 0.3 is 0 Å². The van der Waals surface area contributed by atoms with Crippen molar-refractivity contribution in [2.24, 2.45) is 0 Å². The first-order valence-corrected chi connectivity index (χ1v) is 10.1. The van der Waals surface area contributed by atoms with E-state index in [1.54, 1.807) is 73.8 Å². The average molecular weight is 451 g/mol. The molecule has 0 atom stereocenters. The summed E-state index contributed by atoms with van der Waals surface area (Å²) in [5.41, 5.74) is 1.56.